The first-order valence-corrected chi connectivity index (χ1v) is 5.45. The van der Waals surface area contributed by atoms with Gasteiger partial charge in [0.1, 0.15) is 5.75 Å². The number of rotatable bonds is 7. The lowest BCUT2D eigenvalue weighted by Crippen LogP contribution is -2.35. The molecule has 0 aliphatic carbocycles. The highest BCUT2D eigenvalue weighted by atomic mass is 16.5. The molecule has 0 aliphatic rings. The van der Waals surface area contributed by atoms with E-state index in [0.717, 1.165) is 5.56 Å². The maximum absolute atomic E-state index is 10.7. The zero-order chi connectivity index (χ0) is 13.5. The first kappa shape index (κ1) is 14.4. The summed E-state index contributed by atoms with van der Waals surface area (Å²) < 4.78 is 5.16. The molecular formula is C12H17NO5. The highest BCUT2D eigenvalue weighted by Gasteiger charge is 2.15. The lowest BCUT2D eigenvalue weighted by Gasteiger charge is -2.22. The normalized spacial score (nSPS) is 10.9. The van der Waals surface area contributed by atoms with E-state index in [0.29, 0.717) is 5.75 Å². The Balaban J connectivity index is 2.77. The van der Waals surface area contributed by atoms with Gasteiger partial charge >= 0.3 is 5.97 Å². The summed E-state index contributed by atoms with van der Waals surface area (Å²) in [5.41, 5.74) is 0.793. The Bertz CT molecular complexity index is 394. The number of carboxylic acids is 1. The molecule has 0 heterocycles. The minimum atomic E-state index is -1.57. The van der Waals surface area contributed by atoms with Crippen LogP contribution >= 0.6 is 0 Å². The predicted molar refractivity (Wildman–Crippen MR) is 64.1 cm³/mol. The van der Waals surface area contributed by atoms with Gasteiger partial charge in [0.05, 0.1) is 20.2 Å². The van der Waals surface area contributed by atoms with Gasteiger partial charge in [-0.25, -0.2) is 0 Å². The zero-order valence-corrected chi connectivity index (χ0v) is 10.1. The summed E-state index contributed by atoms with van der Waals surface area (Å²) in [5, 5.41) is 26.6. The molecule has 0 spiro atoms. The molecule has 0 amide bonds. The third kappa shape index (κ3) is 4.70. The lowest BCUT2D eigenvalue weighted by atomic mass is 10.2. The summed E-state index contributed by atoms with van der Waals surface area (Å²) in [6.07, 6.45) is -1.57. The number of ether oxygens (including phenoxy) is 1. The van der Waals surface area contributed by atoms with Crippen molar-refractivity contribution in [1.82, 2.24) is 4.90 Å². The van der Waals surface area contributed by atoms with Gasteiger partial charge in [-0.15, -0.1) is 0 Å². The summed E-state index contributed by atoms with van der Waals surface area (Å²) in [6.45, 7) is -0.131. The quantitative estimate of drug-likeness (QED) is 0.589. The van der Waals surface area contributed by atoms with Crippen LogP contribution in [0.25, 0.3) is 0 Å². The minimum Gasteiger partial charge on any atom is -0.496 e. The van der Waals surface area contributed by atoms with Gasteiger partial charge in [-0.05, 0) is 6.07 Å². The maximum Gasteiger partial charge on any atom is 0.317 e. The van der Waals surface area contributed by atoms with E-state index in [-0.39, 0.29) is 19.6 Å². The molecule has 1 aromatic carbocycles. The molecule has 0 aliphatic heterocycles. The molecule has 18 heavy (non-hydrogen) atoms. The van der Waals surface area contributed by atoms with E-state index in [1.807, 2.05) is 12.1 Å². The van der Waals surface area contributed by atoms with Gasteiger partial charge in [-0.1, -0.05) is 18.2 Å². The second-order valence-electron chi connectivity index (χ2n) is 3.86. The predicted octanol–water partition coefficient (Wildman–Crippen LogP) is -0.107. The van der Waals surface area contributed by atoms with Crippen molar-refractivity contribution in [2.75, 3.05) is 20.2 Å². The van der Waals surface area contributed by atoms with Crippen molar-refractivity contribution < 1.29 is 24.9 Å². The average molecular weight is 255 g/mol. The van der Waals surface area contributed by atoms with E-state index < -0.39 is 12.3 Å². The topological polar surface area (TPSA) is 90.2 Å². The molecule has 100 valence electrons. The Morgan fingerprint density at radius 3 is 2.61 bits per heavy atom. The van der Waals surface area contributed by atoms with Crippen LogP contribution in [0.5, 0.6) is 5.75 Å². The summed E-state index contributed by atoms with van der Waals surface area (Å²) >= 11 is 0. The van der Waals surface area contributed by atoms with Crippen molar-refractivity contribution in [3.8, 4) is 5.75 Å². The molecule has 0 aromatic heterocycles. The fraction of sp³-hybridized carbons (Fsp3) is 0.417. The number of carboxylic acid groups (broad SMARTS) is 1. The smallest absolute Gasteiger partial charge is 0.317 e. The number of carbonyl (C=O) groups is 1. The molecule has 1 aromatic rings. The van der Waals surface area contributed by atoms with Crippen molar-refractivity contribution in [1.29, 1.82) is 0 Å². The SMILES string of the molecule is COc1ccccc1CN(CC(=O)O)CC(O)O. The molecule has 0 saturated heterocycles. The van der Waals surface area contributed by atoms with Gasteiger partial charge in [0, 0.05) is 12.1 Å². The van der Waals surface area contributed by atoms with Crippen LogP contribution in [0.1, 0.15) is 5.56 Å². The Morgan fingerprint density at radius 2 is 2.06 bits per heavy atom. The van der Waals surface area contributed by atoms with Crippen LogP contribution in [-0.4, -0.2) is 52.7 Å². The van der Waals surface area contributed by atoms with E-state index in [1.165, 1.54) is 12.0 Å². The van der Waals surface area contributed by atoms with E-state index in [9.17, 15) is 4.79 Å². The molecule has 0 atom stereocenters. The van der Waals surface area contributed by atoms with Crippen molar-refractivity contribution in [2.24, 2.45) is 0 Å². The third-order valence-electron chi connectivity index (χ3n) is 2.37. The number of aliphatic hydroxyl groups is 2. The molecule has 0 saturated carbocycles. The Hall–Kier alpha value is -1.63. The van der Waals surface area contributed by atoms with Crippen LogP contribution < -0.4 is 4.74 Å². The van der Waals surface area contributed by atoms with Gasteiger partial charge in [0.25, 0.3) is 0 Å². The van der Waals surface area contributed by atoms with Crippen molar-refractivity contribution in [2.45, 2.75) is 12.8 Å². The van der Waals surface area contributed by atoms with Crippen molar-refractivity contribution in [3.63, 3.8) is 0 Å². The van der Waals surface area contributed by atoms with E-state index in [4.69, 9.17) is 20.1 Å². The van der Waals surface area contributed by atoms with Gasteiger partial charge in [-0.3, -0.25) is 9.69 Å². The van der Waals surface area contributed by atoms with E-state index >= 15 is 0 Å². The molecule has 0 unspecified atom stereocenters. The molecular weight excluding hydrogens is 238 g/mol. The van der Waals surface area contributed by atoms with Crippen LogP contribution in [0, 0.1) is 0 Å². The monoisotopic (exact) mass is 255 g/mol. The van der Waals surface area contributed by atoms with E-state index in [2.05, 4.69) is 0 Å². The molecule has 6 heteroatoms. The van der Waals surface area contributed by atoms with Crippen molar-refractivity contribution in [3.05, 3.63) is 29.8 Å². The molecule has 6 nitrogen and oxygen atoms in total. The number of aliphatic carboxylic acids is 1. The fourth-order valence-corrected chi connectivity index (χ4v) is 1.68. The van der Waals surface area contributed by atoms with Crippen LogP contribution in [-0.2, 0) is 11.3 Å². The second kappa shape index (κ2) is 6.95. The number of hydrogen-bond donors (Lipinski definition) is 3. The standard InChI is InChI=1S/C12H17NO5/c1-18-10-5-3-2-4-9(10)6-13(7-11(14)15)8-12(16)17/h2-5,11,14-15H,6-8H2,1H3,(H,16,17). The van der Waals surface area contributed by atoms with Crippen LogP contribution in [0.4, 0.5) is 0 Å². The summed E-state index contributed by atoms with van der Waals surface area (Å²) in [6, 6.07) is 7.19. The first-order chi connectivity index (χ1) is 8.52. The second-order valence-corrected chi connectivity index (χ2v) is 3.86. The summed E-state index contributed by atoms with van der Waals surface area (Å²) in [5.74, 6) is -0.383. The lowest BCUT2D eigenvalue weighted by molar-refractivity contribution is -0.140. The number of hydrogen-bond acceptors (Lipinski definition) is 5. The van der Waals surface area contributed by atoms with Gasteiger partial charge in [0.15, 0.2) is 6.29 Å². The van der Waals surface area contributed by atoms with E-state index in [1.54, 1.807) is 12.1 Å². The first-order valence-electron chi connectivity index (χ1n) is 5.45. The Labute approximate surface area is 105 Å². The van der Waals surface area contributed by atoms with Gasteiger partial charge in [-0.2, -0.15) is 0 Å². The zero-order valence-electron chi connectivity index (χ0n) is 10.1. The highest BCUT2D eigenvalue weighted by Crippen LogP contribution is 2.19. The van der Waals surface area contributed by atoms with Crippen molar-refractivity contribution >= 4 is 5.97 Å². The molecule has 1 rings (SSSR count). The minimum absolute atomic E-state index is 0.135. The Kier molecular flexibility index (Phi) is 5.57. The number of aliphatic hydroxyl groups excluding tert-OH is 1. The fourth-order valence-electron chi connectivity index (χ4n) is 1.68. The number of benzene rings is 1. The average Bonchev–Trinajstić information content (AvgIpc) is 2.27. The number of para-hydroxylation sites is 1. The largest absolute Gasteiger partial charge is 0.496 e. The summed E-state index contributed by atoms with van der Waals surface area (Å²) in [4.78, 5) is 12.1. The van der Waals surface area contributed by atoms with Crippen LogP contribution in [0.3, 0.4) is 0 Å². The maximum atomic E-state index is 10.7. The van der Waals surface area contributed by atoms with Gasteiger partial charge < -0.3 is 20.1 Å². The number of methoxy groups -OCH3 is 1. The summed E-state index contributed by atoms with van der Waals surface area (Å²) in [7, 11) is 1.53. The number of nitrogens with zero attached hydrogens (tertiary/aromatic N) is 1. The Morgan fingerprint density at radius 1 is 1.39 bits per heavy atom. The molecule has 0 fully saturated rings. The molecule has 0 radical (unpaired) electrons. The van der Waals surface area contributed by atoms with Crippen LogP contribution in [0.15, 0.2) is 24.3 Å². The highest BCUT2D eigenvalue weighted by molar-refractivity contribution is 5.69. The van der Waals surface area contributed by atoms with Crippen LogP contribution in [0.2, 0.25) is 0 Å². The van der Waals surface area contributed by atoms with Gasteiger partial charge in [0.2, 0.25) is 0 Å². The molecule has 3 N–H and O–H groups in total. The molecule has 0 bridgehead atoms. The third-order valence-corrected chi connectivity index (χ3v) is 2.37.